The normalized spacial score (nSPS) is 17.6. The molecule has 0 atom stereocenters. The monoisotopic (exact) mass is 252 g/mol. The van der Waals surface area contributed by atoms with Crippen molar-refractivity contribution >= 4 is 0 Å². The smallest absolute Gasteiger partial charge is 0.157 e. The van der Waals surface area contributed by atoms with Crippen molar-refractivity contribution in [1.29, 1.82) is 0 Å². The van der Waals surface area contributed by atoms with Gasteiger partial charge in [-0.15, -0.1) is 0 Å². The third-order valence-electron chi connectivity index (χ3n) is 2.07. The van der Waals surface area contributed by atoms with E-state index < -0.39 is 0 Å². The second kappa shape index (κ2) is 10.5. The van der Waals surface area contributed by atoms with Gasteiger partial charge in [0.1, 0.15) is 0 Å². The zero-order valence-electron chi connectivity index (χ0n) is 8.39. The van der Waals surface area contributed by atoms with Gasteiger partial charge in [-0.3, -0.25) is 0 Å². The first-order valence-electron chi connectivity index (χ1n) is 4.66. The van der Waals surface area contributed by atoms with E-state index in [1.54, 1.807) is 0 Å². The first-order chi connectivity index (χ1) is 5.43. The second-order valence-electron chi connectivity index (χ2n) is 3.11. The molecule has 1 fully saturated rings. The minimum absolute atomic E-state index is 0. The number of ether oxygens (including phenoxy) is 1. The van der Waals surface area contributed by atoms with Crippen molar-refractivity contribution in [3.8, 4) is 0 Å². The number of hydrogen-bond acceptors (Lipinski definition) is 1. The molecular weight excluding hydrogens is 237 g/mol. The Kier molecular flexibility index (Phi) is 12.9. The van der Waals surface area contributed by atoms with E-state index in [0.29, 0.717) is 6.10 Å². The van der Waals surface area contributed by atoms with E-state index in [1.165, 1.54) is 32.1 Å². The fraction of sp³-hybridized carbons (Fsp3) is 0.800. The van der Waals surface area contributed by atoms with Crippen LogP contribution < -0.4 is 12.4 Å². The predicted molar refractivity (Wildman–Crippen MR) is 46.1 cm³/mol. The van der Waals surface area contributed by atoms with Gasteiger partial charge in [-0.25, -0.2) is 0 Å². The molecule has 1 rings (SSSR count). The van der Waals surface area contributed by atoms with Gasteiger partial charge >= 0.3 is 0 Å². The van der Waals surface area contributed by atoms with Gasteiger partial charge in [0, 0.05) is 19.5 Å². The van der Waals surface area contributed by atoms with Crippen LogP contribution in [0.2, 0.25) is 0 Å². The summed E-state index contributed by atoms with van der Waals surface area (Å²) >= 11 is 0. The van der Waals surface area contributed by atoms with Crippen molar-refractivity contribution in [3.63, 3.8) is 0 Å². The molecule has 3 heteroatoms. The summed E-state index contributed by atoms with van der Waals surface area (Å²) in [6.45, 7) is 2.09. The van der Waals surface area contributed by atoms with Crippen LogP contribution in [0.3, 0.4) is 0 Å². The molecule has 0 aromatic heterocycles. The van der Waals surface area contributed by atoms with Gasteiger partial charge in [0.2, 0.25) is 0 Å². The number of halogens is 1. The van der Waals surface area contributed by atoms with Crippen LogP contribution in [0.5, 0.6) is 0 Å². The number of rotatable bonds is 3. The Morgan fingerprint density at radius 1 is 1.31 bits per heavy atom. The molecule has 1 aliphatic rings. The molecule has 0 unspecified atom stereocenters. The maximum Gasteiger partial charge on any atom is 0.157 e. The fourth-order valence-electron chi connectivity index (χ4n) is 1.41. The minimum Gasteiger partial charge on any atom is -1.00 e. The van der Waals surface area contributed by atoms with E-state index in [4.69, 9.17) is 4.74 Å². The average Bonchev–Trinajstić information content (AvgIpc) is 2.07. The molecule has 0 aliphatic heterocycles. The van der Waals surface area contributed by atoms with Gasteiger partial charge in [-0.05, 0) is 38.2 Å². The molecule has 1 aliphatic carbocycles. The molecule has 13 heavy (non-hydrogen) atoms. The Morgan fingerprint density at radius 2 is 1.92 bits per heavy atom. The Labute approximate surface area is 100 Å². The zero-order chi connectivity index (χ0) is 7.94. The van der Waals surface area contributed by atoms with Crippen LogP contribution in [-0.2, 0) is 24.2 Å². The molecule has 1 saturated carbocycles. The molecule has 0 aromatic rings. The molecule has 0 amide bonds. The maximum atomic E-state index is 5.42. The molecular formula is C10H17ClOZn-. The predicted octanol–water partition coefficient (Wildman–Crippen LogP) is 0.0641. The molecule has 0 N–H and O–H groups in total. The summed E-state index contributed by atoms with van der Waals surface area (Å²) in [5.74, 6) is 0. The SMILES string of the molecule is CCC=[C]OC1CCCCC1.[Cl-].[Zn]. The number of allylic oxidation sites excluding steroid dienone is 1. The van der Waals surface area contributed by atoms with Crippen LogP contribution in [0, 0.1) is 6.26 Å². The molecule has 0 bridgehead atoms. The van der Waals surface area contributed by atoms with Crippen molar-refractivity contribution in [2.75, 3.05) is 0 Å². The number of hydrogen-bond donors (Lipinski definition) is 0. The molecule has 73 valence electrons. The first-order valence-corrected chi connectivity index (χ1v) is 4.66. The fourth-order valence-corrected chi connectivity index (χ4v) is 1.41. The van der Waals surface area contributed by atoms with Gasteiger partial charge in [0.15, 0.2) is 6.26 Å². The van der Waals surface area contributed by atoms with Crippen molar-refractivity contribution in [2.45, 2.75) is 51.6 Å². The van der Waals surface area contributed by atoms with Gasteiger partial charge in [-0.1, -0.05) is 13.3 Å². The third-order valence-corrected chi connectivity index (χ3v) is 2.07. The zero-order valence-corrected chi connectivity index (χ0v) is 12.1. The van der Waals surface area contributed by atoms with Crippen molar-refractivity contribution in [1.82, 2.24) is 0 Å². The summed E-state index contributed by atoms with van der Waals surface area (Å²) in [6, 6.07) is 0. The summed E-state index contributed by atoms with van der Waals surface area (Å²) < 4.78 is 5.42. The van der Waals surface area contributed by atoms with Crippen molar-refractivity contribution in [2.24, 2.45) is 0 Å². The van der Waals surface area contributed by atoms with Crippen LogP contribution in [0.1, 0.15) is 45.4 Å². The van der Waals surface area contributed by atoms with E-state index >= 15 is 0 Å². The summed E-state index contributed by atoms with van der Waals surface area (Å²) in [4.78, 5) is 0. The van der Waals surface area contributed by atoms with E-state index in [9.17, 15) is 0 Å². The summed E-state index contributed by atoms with van der Waals surface area (Å²) in [5.41, 5.74) is 0. The summed E-state index contributed by atoms with van der Waals surface area (Å²) in [7, 11) is 0. The quantitative estimate of drug-likeness (QED) is 0.511. The van der Waals surface area contributed by atoms with Crippen LogP contribution >= 0.6 is 0 Å². The van der Waals surface area contributed by atoms with E-state index in [-0.39, 0.29) is 31.9 Å². The minimum atomic E-state index is 0. The molecule has 0 heterocycles. The van der Waals surface area contributed by atoms with Gasteiger partial charge in [0.05, 0.1) is 6.10 Å². The van der Waals surface area contributed by atoms with Crippen LogP contribution in [0.25, 0.3) is 0 Å². The topological polar surface area (TPSA) is 9.23 Å². The van der Waals surface area contributed by atoms with Crippen LogP contribution in [0.4, 0.5) is 0 Å². The Hall–Kier alpha value is 0.453. The molecule has 0 aromatic carbocycles. The standard InChI is InChI=1S/C10H17O.ClH.Zn/c1-2-3-9-11-10-7-5-4-6-8-10;;/h3,10H,2,4-8H2,1H3;1H;/p-1. The Morgan fingerprint density at radius 3 is 2.46 bits per heavy atom. The summed E-state index contributed by atoms with van der Waals surface area (Å²) in [6.07, 6.45) is 12.8. The van der Waals surface area contributed by atoms with E-state index in [0.717, 1.165) is 6.42 Å². The average molecular weight is 254 g/mol. The first kappa shape index (κ1) is 15.9. The Bertz CT molecular complexity index is 122. The van der Waals surface area contributed by atoms with Crippen molar-refractivity contribution in [3.05, 3.63) is 12.3 Å². The second-order valence-corrected chi connectivity index (χ2v) is 3.11. The summed E-state index contributed by atoms with van der Waals surface area (Å²) in [5, 5.41) is 0. The molecule has 0 spiro atoms. The van der Waals surface area contributed by atoms with Crippen LogP contribution in [0.15, 0.2) is 6.08 Å². The molecule has 0 saturated heterocycles. The van der Waals surface area contributed by atoms with E-state index in [2.05, 4.69) is 13.2 Å². The van der Waals surface area contributed by atoms with Crippen molar-refractivity contribution < 1.29 is 36.6 Å². The van der Waals surface area contributed by atoms with Gasteiger partial charge < -0.3 is 17.1 Å². The van der Waals surface area contributed by atoms with Crippen LogP contribution in [-0.4, -0.2) is 6.10 Å². The third kappa shape index (κ3) is 7.52. The molecule has 1 radical (unpaired) electrons. The van der Waals surface area contributed by atoms with E-state index in [1.807, 2.05) is 6.08 Å². The Balaban J connectivity index is 0. The largest absolute Gasteiger partial charge is 1.00 e. The van der Waals surface area contributed by atoms with Gasteiger partial charge in [-0.2, -0.15) is 0 Å². The maximum absolute atomic E-state index is 5.42. The molecule has 1 nitrogen and oxygen atoms in total. The van der Waals surface area contributed by atoms with Gasteiger partial charge in [0.25, 0.3) is 0 Å².